The van der Waals surface area contributed by atoms with Crippen molar-refractivity contribution in [3.63, 3.8) is 0 Å². The maximum atomic E-state index is 13.1. The van der Waals surface area contributed by atoms with Crippen LogP contribution >= 0.6 is 15.9 Å². The molecule has 4 aromatic rings. The maximum Gasteiger partial charge on any atom is 0.324 e. The Morgan fingerprint density at radius 3 is 2.50 bits per heavy atom. The van der Waals surface area contributed by atoms with Gasteiger partial charge in [0.1, 0.15) is 12.4 Å². The van der Waals surface area contributed by atoms with Crippen LogP contribution < -0.4 is 4.74 Å². The molecule has 2 heterocycles. The van der Waals surface area contributed by atoms with Gasteiger partial charge < -0.3 is 19.2 Å². The lowest BCUT2D eigenvalue weighted by Gasteiger charge is -2.36. The standard InChI is InChI=1S/C28H23BrN2O7/c1-28(2)37-26(32)25(27(33)38-28)24(20-14-30-22-9-4-3-8-19(20)22)17-10-11-23(21(29)13-17)36-15-16-6-5-7-18(12-16)31(34)35/h3-14,24-25,30H,15H2,1-2H3/t24-/m0/s1. The van der Waals surface area contributed by atoms with Crippen LogP contribution in [0.5, 0.6) is 5.75 Å². The highest BCUT2D eigenvalue weighted by molar-refractivity contribution is 9.10. The topological polar surface area (TPSA) is 121 Å². The van der Waals surface area contributed by atoms with E-state index in [1.807, 2.05) is 24.3 Å². The van der Waals surface area contributed by atoms with Gasteiger partial charge in [0.05, 0.1) is 9.40 Å². The van der Waals surface area contributed by atoms with Crippen molar-refractivity contribution in [1.29, 1.82) is 0 Å². The molecule has 1 aromatic heterocycles. The van der Waals surface area contributed by atoms with E-state index in [2.05, 4.69) is 20.9 Å². The lowest BCUT2D eigenvalue weighted by atomic mass is 9.80. The van der Waals surface area contributed by atoms with Crippen molar-refractivity contribution < 1.29 is 28.7 Å². The van der Waals surface area contributed by atoms with Crippen molar-refractivity contribution in [2.24, 2.45) is 5.92 Å². The van der Waals surface area contributed by atoms with E-state index < -0.39 is 34.5 Å². The predicted octanol–water partition coefficient (Wildman–Crippen LogP) is 6.00. The van der Waals surface area contributed by atoms with Crippen molar-refractivity contribution in [2.45, 2.75) is 32.2 Å². The molecule has 0 aliphatic carbocycles. The summed E-state index contributed by atoms with van der Waals surface area (Å²) in [6.07, 6.45) is 1.79. The van der Waals surface area contributed by atoms with E-state index in [1.165, 1.54) is 26.0 Å². The lowest BCUT2D eigenvalue weighted by molar-refractivity contribution is -0.384. The van der Waals surface area contributed by atoms with Crippen molar-refractivity contribution in [3.8, 4) is 5.75 Å². The van der Waals surface area contributed by atoms with E-state index in [4.69, 9.17) is 14.2 Å². The number of para-hydroxylation sites is 1. The molecule has 1 aliphatic rings. The highest BCUT2D eigenvalue weighted by atomic mass is 79.9. The first-order chi connectivity index (χ1) is 18.1. The van der Waals surface area contributed by atoms with Crippen LogP contribution in [0, 0.1) is 16.0 Å². The normalized spacial score (nSPS) is 16.1. The van der Waals surface area contributed by atoms with E-state index >= 15 is 0 Å². The number of fused-ring (bicyclic) bond motifs is 1. The first-order valence-corrected chi connectivity index (χ1v) is 12.6. The zero-order chi connectivity index (χ0) is 27.0. The summed E-state index contributed by atoms with van der Waals surface area (Å²) in [5.41, 5.74) is 2.90. The average Bonchev–Trinajstić information content (AvgIpc) is 3.29. The highest BCUT2D eigenvalue weighted by Gasteiger charge is 2.48. The molecule has 0 amide bonds. The fourth-order valence-corrected chi connectivity index (χ4v) is 5.16. The van der Waals surface area contributed by atoms with Crippen LogP contribution in [-0.4, -0.2) is 27.6 Å². The third-order valence-corrected chi connectivity index (χ3v) is 6.94. The van der Waals surface area contributed by atoms with Crippen molar-refractivity contribution in [2.75, 3.05) is 0 Å². The van der Waals surface area contributed by atoms with E-state index in [-0.39, 0.29) is 12.3 Å². The molecule has 1 saturated heterocycles. The van der Waals surface area contributed by atoms with Gasteiger partial charge in [-0.3, -0.25) is 19.7 Å². The second-order valence-electron chi connectivity index (χ2n) is 9.39. The van der Waals surface area contributed by atoms with Gasteiger partial charge in [-0.1, -0.05) is 36.4 Å². The molecule has 5 rings (SSSR count). The summed E-state index contributed by atoms with van der Waals surface area (Å²) in [7, 11) is 0. The summed E-state index contributed by atoms with van der Waals surface area (Å²) in [5, 5.41) is 11.9. The summed E-state index contributed by atoms with van der Waals surface area (Å²) in [4.78, 5) is 40.1. The number of nitro benzene ring substituents is 1. The van der Waals surface area contributed by atoms with E-state index in [1.54, 1.807) is 36.5 Å². The summed E-state index contributed by atoms with van der Waals surface area (Å²) in [5.74, 6) is -4.10. The summed E-state index contributed by atoms with van der Waals surface area (Å²) in [6.45, 7) is 3.15. The summed E-state index contributed by atoms with van der Waals surface area (Å²) < 4.78 is 17.4. The summed E-state index contributed by atoms with van der Waals surface area (Å²) >= 11 is 3.54. The maximum absolute atomic E-state index is 13.1. The lowest BCUT2D eigenvalue weighted by Crippen LogP contribution is -2.48. The van der Waals surface area contributed by atoms with Gasteiger partial charge in [0.15, 0.2) is 5.92 Å². The number of non-ortho nitro benzene ring substituents is 1. The fraction of sp³-hybridized carbons (Fsp3) is 0.214. The molecule has 10 heteroatoms. The van der Waals surface area contributed by atoms with Gasteiger partial charge in [-0.15, -0.1) is 0 Å². The number of nitro groups is 1. The number of H-pyrrole nitrogens is 1. The Hall–Kier alpha value is -4.18. The highest BCUT2D eigenvalue weighted by Crippen LogP contribution is 2.42. The third-order valence-electron chi connectivity index (χ3n) is 6.32. The first kappa shape index (κ1) is 25.5. The van der Waals surface area contributed by atoms with Gasteiger partial charge in [-0.2, -0.15) is 0 Å². The number of nitrogens with one attached hydrogen (secondary N) is 1. The molecule has 194 valence electrons. The number of aromatic nitrogens is 1. The number of halogens is 1. The molecule has 0 saturated carbocycles. The third kappa shape index (κ3) is 4.99. The fourth-order valence-electron chi connectivity index (χ4n) is 4.65. The quantitative estimate of drug-likeness (QED) is 0.123. The second-order valence-corrected chi connectivity index (χ2v) is 10.2. The molecule has 0 radical (unpaired) electrons. The molecule has 9 nitrogen and oxygen atoms in total. The number of nitrogens with zero attached hydrogens (tertiary/aromatic N) is 1. The number of rotatable bonds is 7. The van der Waals surface area contributed by atoms with E-state index in [0.29, 0.717) is 21.3 Å². The molecule has 1 aliphatic heterocycles. The van der Waals surface area contributed by atoms with Gasteiger partial charge in [0, 0.05) is 49.0 Å². The second kappa shape index (κ2) is 9.94. The Labute approximate surface area is 226 Å². The Balaban J connectivity index is 1.50. The molecular formula is C28H23BrN2O7. The Morgan fingerprint density at radius 2 is 1.79 bits per heavy atom. The number of carbonyl (C=O) groups is 2. The van der Waals surface area contributed by atoms with Gasteiger partial charge in [-0.25, -0.2) is 0 Å². The smallest absolute Gasteiger partial charge is 0.324 e. The minimum absolute atomic E-state index is 0.0171. The summed E-state index contributed by atoms with van der Waals surface area (Å²) in [6, 6.07) is 19.1. The van der Waals surface area contributed by atoms with E-state index in [0.717, 1.165) is 16.5 Å². The van der Waals surface area contributed by atoms with Gasteiger partial charge in [0.25, 0.3) is 11.5 Å². The molecule has 1 atom stereocenters. The number of hydrogen-bond donors (Lipinski definition) is 1. The van der Waals surface area contributed by atoms with Crippen LogP contribution in [0.4, 0.5) is 5.69 Å². The van der Waals surface area contributed by atoms with Crippen LogP contribution in [0.3, 0.4) is 0 Å². The van der Waals surface area contributed by atoms with Gasteiger partial charge in [0.2, 0.25) is 0 Å². The minimum Gasteiger partial charge on any atom is -0.488 e. The van der Waals surface area contributed by atoms with Crippen molar-refractivity contribution in [3.05, 3.63) is 104 Å². The molecule has 3 aromatic carbocycles. The SMILES string of the molecule is CC1(C)OC(=O)C([C@@H](c2ccc(OCc3cccc([N+](=O)[O-])c3)c(Br)c2)c2c[nH]c3ccccc23)C(=O)O1. The molecule has 0 bridgehead atoms. The van der Waals surface area contributed by atoms with E-state index in [9.17, 15) is 19.7 Å². The Kier molecular flexibility index (Phi) is 6.66. The largest absolute Gasteiger partial charge is 0.488 e. The van der Waals surface area contributed by atoms with Crippen LogP contribution in [0.15, 0.2) is 77.4 Å². The Morgan fingerprint density at radius 1 is 1.05 bits per heavy atom. The number of ether oxygens (including phenoxy) is 3. The number of benzene rings is 3. The van der Waals surface area contributed by atoms with Crippen LogP contribution in [0.2, 0.25) is 0 Å². The number of carbonyl (C=O) groups excluding carboxylic acids is 2. The zero-order valence-corrected chi connectivity index (χ0v) is 22.1. The average molecular weight is 579 g/mol. The first-order valence-electron chi connectivity index (χ1n) is 11.8. The van der Waals surface area contributed by atoms with Gasteiger partial charge in [-0.05, 0) is 50.8 Å². The molecule has 0 unspecified atom stereocenters. The molecule has 1 N–H and O–H groups in total. The van der Waals surface area contributed by atoms with Crippen LogP contribution in [0.25, 0.3) is 10.9 Å². The number of cyclic esters (lactones) is 2. The minimum atomic E-state index is -1.35. The van der Waals surface area contributed by atoms with Crippen LogP contribution in [-0.2, 0) is 25.7 Å². The Bertz CT molecular complexity index is 1540. The molecule has 0 spiro atoms. The molecule has 38 heavy (non-hydrogen) atoms. The number of hydrogen-bond acceptors (Lipinski definition) is 7. The van der Waals surface area contributed by atoms with Gasteiger partial charge >= 0.3 is 11.9 Å². The van der Waals surface area contributed by atoms with Crippen molar-refractivity contribution >= 4 is 44.5 Å². The molecule has 1 fully saturated rings. The van der Waals surface area contributed by atoms with Crippen LogP contribution in [0.1, 0.15) is 36.5 Å². The number of aromatic amines is 1. The molecular weight excluding hydrogens is 556 g/mol. The van der Waals surface area contributed by atoms with Crippen molar-refractivity contribution in [1.82, 2.24) is 4.98 Å². The predicted molar refractivity (Wildman–Crippen MR) is 141 cm³/mol. The number of esters is 2. The monoisotopic (exact) mass is 578 g/mol. The zero-order valence-electron chi connectivity index (χ0n) is 20.5.